The number of methoxy groups -OCH3 is 2. The fourth-order valence-electron chi connectivity index (χ4n) is 3.58. The van der Waals surface area contributed by atoms with Crippen molar-refractivity contribution in [3.8, 4) is 22.9 Å². The van der Waals surface area contributed by atoms with Crippen LogP contribution in [0.25, 0.3) is 11.3 Å². The Labute approximate surface area is 189 Å². The summed E-state index contributed by atoms with van der Waals surface area (Å²) >= 11 is 0. The van der Waals surface area contributed by atoms with Gasteiger partial charge in [0.1, 0.15) is 5.82 Å². The second-order valence-corrected chi connectivity index (χ2v) is 8.62. The molecule has 4 heterocycles. The van der Waals surface area contributed by atoms with Crippen LogP contribution in [-0.2, 0) is 6.54 Å². The fraction of sp³-hybridized carbons (Fsp3) is 0.304. The van der Waals surface area contributed by atoms with E-state index in [0.717, 1.165) is 49.7 Å². The molecule has 0 N–H and O–H groups in total. The zero-order chi connectivity index (χ0) is 22.7. The molecule has 9 heteroatoms. The van der Waals surface area contributed by atoms with Crippen LogP contribution in [0.1, 0.15) is 16.1 Å². The average Bonchev–Trinajstić information content (AvgIpc) is 3.17. The zero-order valence-corrected chi connectivity index (χ0v) is 19.6. The lowest BCUT2D eigenvalue weighted by Gasteiger charge is -2.20. The SMILES string of the molecule is COc1cc(-c2ccc3c(n2)CN(c2ccc(N(C)CCPC)nc2)C3=O)cnc1OC. The summed E-state index contributed by atoms with van der Waals surface area (Å²) in [5.74, 6) is 1.77. The lowest BCUT2D eigenvalue weighted by atomic mass is 10.1. The van der Waals surface area contributed by atoms with Gasteiger partial charge in [0.05, 0.1) is 49.6 Å². The summed E-state index contributed by atoms with van der Waals surface area (Å²) in [7, 11) is 6.06. The monoisotopic (exact) mass is 451 g/mol. The molecule has 32 heavy (non-hydrogen) atoms. The van der Waals surface area contributed by atoms with Gasteiger partial charge in [0.15, 0.2) is 5.75 Å². The molecule has 0 radical (unpaired) electrons. The van der Waals surface area contributed by atoms with Gasteiger partial charge in [-0.05, 0) is 43.2 Å². The van der Waals surface area contributed by atoms with Gasteiger partial charge in [-0.2, -0.15) is 0 Å². The summed E-state index contributed by atoms with van der Waals surface area (Å²) in [6.07, 6.45) is 4.58. The van der Waals surface area contributed by atoms with Crippen LogP contribution in [0.4, 0.5) is 11.5 Å². The van der Waals surface area contributed by atoms with E-state index in [4.69, 9.17) is 14.5 Å². The smallest absolute Gasteiger partial charge is 0.260 e. The number of hydrogen-bond acceptors (Lipinski definition) is 7. The molecule has 4 rings (SSSR count). The Morgan fingerprint density at radius 1 is 1.12 bits per heavy atom. The van der Waals surface area contributed by atoms with E-state index < -0.39 is 0 Å². The van der Waals surface area contributed by atoms with Crippen LogP contribution < -0.4 is 19.3 Å². The maximum absolute atomic E-state index is 13.0. The fourth-order valence-corrected chi connectivity index (χ4v) is 4.14. The van der Waals surface area contributed by atoms with Crippen LogP contribution in [0.15, 0.2) is 42.7 Å². The van der Waals surface area contributed by atoms with Crippen LogP contribution in [0.3, 0.4) is 0 Å². The van der Waals surface area contributed by atoms with Crippen molar-refractivity contribution >= 4 is 26.0 Å². The first-order chi connectivity index (χ1) is 15.5. The number of pyridine rings is 3. The molecule has 0 spiro atoms. The number of ether oxygens (including phenoxy) is 2. The predicted molar refractivity (Wildman–Crippen MR) is 128 cm³/mol. The van der Waals surface area contributed by atoms with Crippen LogP contribution in [0.5, 0.6) is 11.6 Å². The number of amides is 1. The lowest BCUT2D eigenvalue weighted by molar-refractivity contribution is 0.0996. The Balaban J connectivity index is 1.55. The van der Waals surface area contributed by atoms with E-state index in [9.17, 15) is 4.79 Å². The Morgan fingerprint density at radius 2 is 1.97 bits per heavy atom. The molecule has 0 saturated heterocycles. The summed E-state index contributed by atoms with van der Waals surface area (Å²) in [5.41, 5.74) is 3.60. The molecule has 0 bridgehead atoms. The maximum Gasteiger partial charge on any atom is 0.260 e. The molecule has 3 aromatic rings. The van der Waals surface area contributed by atoms with E-state index in [1.54, 1.807) is 31.5 Å². The Kier molecular flexibility index (Phi) is 6.51. The van der Waals surface area contributed by atoms with Crippen molar-refractivity contribution in [2.75, 3.05) is 50.4 Å². The Bertz CT molecular complexity index is 1120. The van der Waals surface area contributed by atoms with E-state index in [1.807, 2.05) is 37.4 Å². The van der Waals surface area contributed by atoms with Gasteiger partial charge in [0, 0.05) is 25.4 Å². The third-order valence-corrected chi connectivity index (χ3v) is 6.14. The molecule has 1 aliphatic rings. The second kappa shape index (κ2) is 9.49. The number of carbonyl (C=O) groups excluding carboxylic acids is 1. The quantitative estimate of drug-likeness (QED) is 0.485. The number of hydrogen-bond donors (Lipinski definition) is 0. The second-order valence-electron chi connectivity index (χ2n) is 7.42. The van der Waals surface area contributed by atoms with Crippen molar-refractivity contribution in [1.82, 2.24) is 15.0 Å². The highest BCUT2D eigenvalue weighted by Crippen LogP contribution is 2.32. The standard InChI is InChI=1S/C23H26N5O3P/c1-27(9-10-32-4)21-8-5-16(13-24-21)28-14-19-17(23(28)29)6-7-18(26-19)15-11-20(30-2)22(31-3)25-12-15/h5-8,11-13,32H,9-10,14H2,1-4H3. The normalized spacial score (nSPS) is 13.0. The molecule has 0 fully saturated rings. The molecule has 3 aromatic heterocycles. The highest BCUT2D eigenvalue weighted by atomic mass is 31.1. The third-order valence-electron chi connectivity index (χ3n) is 5.42. The number of aromatic nitrogens is 3. The first-order valence-electron chi connectivity index (χ1n) is 10.3. The van der Waals surface area contributed by atoms with Gasteiger partial charge < -0.3 is 19.3 Å². The molecule has 1 amide bonds. The topological polar surface area (TPSA) is 80.7 Å². The Morgan fingerprint density at radius 3 is 2.66 bits per heavy atom. The molecule has 0 aromatic carbocycles. The van der Waals surface area contributed by atoms with Crippen molar-refractivity contribution in [3.05, 3.63) is 54.0 Å². The zero-order valence-electron chi connectivity index (χ0n) is 18.6. The van der Waals surface area contributed by atoms with Crippen LogP contribution in [0, 0.1) is 0 Å². The van der Waals surface area contributed by atoms with E-state index in [2.05, 4.69) is 21.5 Å². The minimum absolute atomic E-state index is 0.0698. The van der Waals surface area contributed by atoms with Gasteiger partial charge in [-0.1, -0.05) is 0 Å². The van der Waals surface area contributed by atoms with Crippen molar-refractivity contribution in [1.29, 1.82) is 0 Å². The number of fused-ring (bicyclic) bond motifs is 1. The minimum Gasteiger partial charge on any atom is -0.491 e. The molecule has 1 unspecified atom stereocenters. The molecule has 0 aliphatic carbocycles. The summed E-state index contributed by atoms with van der Waals surface area (Å²) in [6, 6.07) is 9.37. The first kappa shape index (κ1) is 22.0. The predicted octanol–water partition coefficient (Wildman–Crippen LogP) is 3.46. The average molecular weight is 451 g/mol. The van der Waals surface area contributed by atoms with Gasteiger partial charge in [-0.3, -0.25) is 9.78 Å². The number of carbonyl (C=O) groups is 1. The molecule has 1 aliphatic heterocycles. The van der Waals surface area contributed by atoms with Crippen molar-refractivity contribution < 1.29 is 14.3 Å². The Hall–Kier alpha value is -3.25. The van der Waals surface area contributed by atoms with E-state index >= 15 is 0 Å². The number of anilines is 2. The molecule has 0 saturated carbocycles. The number of rotatable bonds is 8. The van der Waals surface area contributed by atoms with Gasteiger partial charge in [0.25, 0.3) is 11.8 Å². The summed E-state index contributed by atoms with van der Waals surface area (Å²) in [5, 5.41) is 0. The lowest BCUT2D eigenvalue weighted by Crippen LogP contribution is -2.24. The largest absolute Gasteiger partial charge is 0.491 e. The molecule has 166 valence electrons. The highest BCUT2D eigenvalue weighted by molar-refractivity contribution is 7.37. The maximum atomic E-state index is 13.0. The first-order valence-corrected chi connectivity index (χ1v) is 12.0. The van der Waals surface area contributed by atoms with Crippen LogP contribution in [-0.4, -0.2) is 61.5 Å². The van der Waals surface area contributed by atoms with Crippen LogP contribution >= 0.6 is 8.58 Å². The van der Waals surface area contributed by atoms with E-state index in [0.29, 0.717) is 23.7 Å². The van der Waals surface area contributed by atoms with Crippen LogP contribution in [0.2, 0.25) is 0 Å². The molecule has 1 atom stereocenters. The van der Waals surface area contributed by atoms with Crippen molar-refractivity contribution in [2.24, 2.45) is 0 Å². The van der Waals surface area contributed by atoms with Gasteiger partial charge in [-0.25, -0.2) is 9.97 Å². The molecular weight excluding hydrogens is 425 g/mol. The molecular formula is C23H26N5O3P. The third kappa shape index (κ3) is 4.23. The van der Waals surface area contributed by atoms with Gasteiger partial charge in [-0.15, -0.1) is 8.58 Å². The van der Waals surface area contributed by atoms with E-state index in [1.165, 1.54) is 0 Å². The summed E-state index contributed by atoms with van der Waals surface area (Å²) in [6.45, 7) is 3.56. The van der Waals surface area contributed by atoms with Gasteiger partial charge in [0.2, 0.25) is 0 Å². The van der Waals surface area contributed by atoms with Crippen molar-refractivity contribution in [3.63, 3.8) is 0 Å². The summed E-state index contributed by atoms with van der Waals surface area (Å²) < 4.78 is 10.5. The van der Waals surface area contributed by atoms with E-state index in [-0.39, 0.29) is 5.91 Å². The summed E-state index contributed by atoms with van der Waals surface area (Å²) in [4.78, 5) is 30.4. The van der Waals surface area contributed by atoms with Crippen molar-refractivity contribution in [2.45, 2.75) is 6.54 Å². The molecule has 8 nitrogen and oxygen atoms in total. The minimum atomic E-state index is -0.0698. The number of nitrogens with zero attached hydrogens (tertiary/aromatic N) is 5. The van der Waals surface area contributed by atoms with Gasteiger partial charge >= 0.3 is 0 Å². The highest BCUT2D eigenvalue weighted by Gasteiger charge is 2.30.